The lowest BCUT2D eigenvalue weighted by atomic mass is 9.88. The smallest absolute Gasteiger partial charge is 0.251 e. The maximum Gasteiger partial charge on any atom is 0.251 e. The number of nitriles is 1. The van der Waals surface area contributed by atoms with Gasteiger partial charge in [-0.15, -0.1) is 0 Å². The van der Waals surface area contributed by atoms with E-state index >= 15 is 0 Å². The molecule has 1 atom stereocenters. The van der Waals surface area contributed by atoms with Crippen LogP contribution in [0.3, 0.4) is 0 Å². The Morgan fingerprint density at radius 1 is 1.38 bits per heavy atom. The molecule has 2 aliphatic rings. The van der Waals surface area contributed by atoms with Gasteiger partial charge in [-0.3, -0.25) is 9.69 Å². The molecule has 26 heavy (non-hydrogen) atoms. The van der Waals surface area contributed by atoms with Crippen LogP contribution in [-0.4, -0.2) is 53.6 Å². The van der Waals surface area contributed by atoms with Crippen LogP contribution in [0.5, 0.6) is 0 Å². The maximum atomic E-state index is 13.8. The Labute approximate surface area is 161 Å². The highest BCUT2D eigenvalue weighted by atomic mass is 32.1. The summed E-state index contributed by atoms with van der Waals surface area (Å²) in [6.07, 6.45) is 1.34. The van der Waals surface area contributed by atoms with Crippen LogP contribution < -0.4 is 0 Å². The molecule has 2 aliphatic heterocycles. The number of nitrogens with zero attached hydrogens (tertiary/aromatic N) is 3. The number of ether oxygens (including phenoxy) is 1. The van der Waals surface area contributed by atoms with Crippen molar-refractivity contribution < 1.29 is 13.9 Å². The molecule has 1 amide bonds. The van der Waals surface area contributed by atoms with Gasteiger partial charge in [0.1, 0.15) is 18.0 Å². The molecule has 142 valence electrons. The van der Waals surface area contributed by atoms with E-state index in [4.69, 9.17) is 10.00 Å². The van der Waals surface area contributed by atoms with Crippen LogP contribution in [0.2, 0.25) is 0 Å². The molecule has 7 heteroatoms. The van der Waals surface area contributed by atoms with Gasteiger partial charge in [0, 0.05) is 32.7 Å². The van der Waals surface area contributed by atoms with Gasteiger partial charge in [0.2, 0.25) is 0 Å². The van der Waals surface area contributed by atoms with E-state index in [2.05, 4.69) is 4.90 Å². The van der Waals surface area contributed by atoms with Crippen molar-refractivity contribution >= 4 is 19.4 Å². The summed E-state index contributed by atoms with van der Waals surface area (Å²) >= 11 is 0. The molecule has 1 aromatic carbocycles. The van der Waals surface area contributed by atoms with Gasteiger partial charge in [-0.25, -0.2) is 4.39 Å². The fourth-order valence-electron chi connectivity index (χ4n) is 3.81. The highest BCUT2D eigenvalue weighted by molar-refractivity contribution is 7.59. The quantitative estimate of drug-likeness (QED) is 0.809. The number of likely N-dealkylation sites (tertiary alicyclic amines) is 1. The Morgan fingerprint density at radius 2 is 2.08 bits per heavy atom. The Hall–Kier alpha value is -1.62. The molecule has 1 aromatic rings. The predicted molar refractivity (Wildman–Crippen MR) is 102 cm³/mol. The van der Waals surface area contributed by atoms with Gasteiger partial charge < -0.3 is 9.64 Å². The Balaban J connectivity index is 0.00000243. The highest BCUT2D eigenvalue weighted by Crippen LogP contribution is 2.33. The molecule has 2 saturated heterocycles. The first-order valence-electron chi connectivity index (χ1n) is 8.84. The average molecular weight is 380 g/mol. The number of rotatable bonds is 3. The summed E-state index contributed by atoms with van der Waals surface area (Å²) in [4.78, 5) is 16.3. The van der Waals surface area contributed by atoms with Crippen molar-refractivity contribution in [3.63, 3.8) is 0 Å². The van der Waals surface area contributed by atoms with E-state index < -0.39 is 5.82 Å². The third kappa shape index (κ3) is 4.20. The Kier molecular flexibility index (Phi) is 6.67. The minimum atomic E-state index is -0.463. The summed E-state index contributed by atoms with van der Waals surface area (Å²) in [5, 5.41) is 8.81. The van der Waals surface area contributed by atoms with E-state index in [0.29, 0.717) is 19.6 Å². The zero-order valence-corrected chi connectivity index (χ0v) is 16.3. The first-order valence-corrected chi connectivity index (χ1v) is 8.84. The standard InChI is InChI=1S/C19H24FN3O2.H2S/c1-3-23-13-19(25-14(2)18(23)24)6-8-22(9-7-19)12-15-4-5-16(11-21)17(20)10-15;/h4-5,10,14H,3,6-9,12-13H2,1-2H3;1H2/t14-;/m0./s1. The van der Waals surface area contributed by atoms with E-state index in [0.717, 1.165) is 31.5 Å². The number of amides is 1. The molecule has 1 spiro atoms. The number of hydrogen-bond acceptors (Lipinski definition) is 4. The minimum Gasteiger partial charge on any atom is -0.360 e. The van der Waals surface area contributed by atoms with Crippen molar-refractivity contribution in [1.82, 2.24) is 9.80 Å². The van der Waals surface area contributed by atoms with Crippen molar-refractivity contribution in [3.8, 4) is 6.07 Å². The third-order valence-electron chi connectivity index (χ3n) is 5.27. The third-order valence-corrected chi connectivity index (χ3v) is 5.27. The fourth-order valence-corrected chi connectivity index (χ4v) is 3.81. The summed E-state index contributed by atoms with van der Waals surface area (Å²) < 4.78 is 19.8. The van der Waals surface area contributed by atoms with Gasteiger partial charge in [-0.1, -0.05) is 6.07 Å². The van der Waals surface area contributed by atoms with Crippen molar-refractivity contribution in [2.24, 2.45) is 0 Å². The number of hydrogen-bond donors (Lipinski definition) is 0. The van der Waals surface area contributed by atoms with Crippen LogP contribution in [-0.2, 0) is 16.1 Å². The van der Waals surface area contributed by atoms with Crippen molar-refractivity contribution in [1.29, 1.82) is 5.26 Å². The molecule has 0 aliphatic carbocycles. The summed E-state index contributed by atoms with van der Waals surface area (Å²) in [7, 11) is 0. The fraction of sp³-hybridized carbons (Fsp3) is 0.579. The van der Waals surface area contributed by atoms with Crippen LogP contribution in [0.1, 0.15) is 37.8 Å². The van der Waals surface area contributed by atoms with Gasteiger partial charge in [0.15, 0.2) is 0 Å². The predicted octanol–water partition coefficient (Wildman–Crippen LogP) is 2.41. The number of benzene rings is 1. The number of morpholine rings is 1. The molecule has 0 bridgehead atoms. The molecule has 0 N–H and O–H groups in total. The lowest BCUT2D eigenvalue weighted by Gasteiger charge is -2.49. The first-order chi connectivity index (χ1) is 12.0. The lowest BCUT2D eigenvalue weighted by molar-refractivity contribution is -0.189. The molecule has 0 radical (unpaired) electrons. The maximum absolute atomic E-state index is 13.8. The van der Waals surface area contributed by atoms with Crippen molar-refractivity contribution in [3.05, 3.63) is 35.1 Å². The molecule has 5 nitrogen and oxygen atoms in total. The van der Waals surface area contributed by atoms with E-state index in [9.17, 15) is 9.18 Å². The van der Waals surface area contributed by atoms with Gasteiger partial charge in [0.25, 0.3) is 5.91 Å². The topological polar surface area (TPSA) is 56.6 Å². The number of carbonyl (C=O) groups excluding carboxylic acids is 1. The van der Waals surface area contributed by atoms with E-state index in [1.165, 1.54) is 12.1 Å². The molecule has 2 fully saturated rings. The Morgan fingerprint density at radius 3 is 2.65 bits per heavy atom. The minimum absolute atomic E-state index is 0. The number of carbonyl (C=O) groups is 1. The van der Waals surface area contributed by atoms with Crippen molar-refractivity contribution in [2.45, 2.75) is 44.9 Å². The zero-order valence-electron chi connectivity index (χ0n) is 15.3. The van der Waals surface area contributed by atoms with E-state index in [-0.39, 0.29) is 36.7 Å². The van der Waals surface area contributed by atoms with Crippen LogP contribution >= 0.6 is 13.5 Å². The average Bonchev–Trinajstić information content (AvgIpc) is 2.60. The second-order valence-corrected chi connectivity index (χ2v) is 7.00. The monoisotopic (exact) mass is 379 g/mol. The van der Waals surface area contributed by atoms with Crippen LogP contribution in [0.15, 0.2) is 18.2 Å². The zero-order chi connectivity index (χ0) is 18.0. The van der Waals surface area contributed by atoms with Crippen LogP contribution in [0.4, 0.5) is 4.39 Å². The van der Waals surface area contributed by atoms with Gasteiger partial charge in [0.05, 0.1) is 11.2 Å². The van der Waals surface area contributed by atoms with Gasteiger partial charge >= 0.3 is 0 Å². The summed E-state index contributed by atoms with van der Waals surface area (Å²) in [6.45, 7) is 7.55. The van der Waals surface area contributed by atoms with Crippen LogP contribution in [0, 0.1) is 17.1 Å². The number of piperidine rings is 1. The van der Waals surface area contributed by atoms with Gasteiger partial charge in [-0.05, 0) is 44.4 Å². The molecule has 2 heterocycles. The normalized spacial score (nSPS) is 22.8. The summed E-state index contributed by atoms with van der Waals surface area (Å²) in [5.41, 5.74) is 0.696. The Bertz CT molecular complexity index is 699. The SMILES string of the molecule is CCN1CC2(CCN(Cc3ccc(C#N)c(F)c3)CC2)O[C@@H](C)C1=O.S. The number of halogens is 1. The molecule has 0 aromatic heterocycles. The molecular weight excluding hydrogens is 353 g/mol. The molecule has 0 saturated carbocycles. The second-order valence-electron chi connectivity index (χ2n) is 7.00. The number of likely N-dealkylation sites (N-methyl/N-ethyl adjacent to an activating group) is 1. The van der Waals surface area contributed by atoms with Crippen LogP contribution in [0.25, 0.3) is 0 Å². The van der Waals surface area contributed by atoms with Gasteiger partial charge in [-0.2, -0.15) is 18.8 Å². The second kappa shape index (κ2) is 8.38. The highest BCUT2D eigenvalue weighted by Gasteiger charge is 2.44. The first kappa shape index (κ1) is 20.7. The summed E-state index contributed by atoms with van der Waals surface area (Å²) in [5.74, 6) is -0.390. The molecule has 0 unspecified atom stereocenters. The largest absolute Gasteiger partial charge is 0.360 e. The lowest BCUT2D eigenvalue weighted by Crippen LogP contribution is -2.61. The van der Waals surface area contributed by atoms with Crippen molar-refractivity contribution in [2.75, 3.05) is 26.2 Å². The molecular formula is C19H26FN3O2S. The van der Waals surface area contributed by atoms with E-state index in [1.54, 1.807) is 0 Å². The summed E-state index contributed by atoms with van der Waals surface area (Å²) in [6, 6.07) is 6.63. The molecule has 3 rings (SSSR count). The van der Waals surface area contributed by atoms with E-state index in [1.807, 2.05) is 30.9 Å².